The minimum Gasteiger partial charge on any atom is -0.483 e. The second-order valence-corrected chi connectivity index (χ2v) is 7.34. The zero-order valence-corrected chi connectivity index (χ0v) is 16.1. The van der Waals surface area contributed by atoms with Gasteiger partial charge in [0, 0.05) is 11.4 Å². The number of carbonyl (C=O) groups excluding carboxylic acids is 2. The number of aryl methyl sites for hydroxylation is 1. The average molecular weight is 373 g/mol. The fourth-order valence-electron chi connectivity index (χ4n) is 3.40. The summed E-state index contributed by atoms with van der Waals surface area (Å²) in [5.74, 6) is -0.161. The molecule has 1 aliphatic rings. The number of methoxy groups -OCH3 is 1. The van der Waals surface area contributed by atoms with Crippen molar-refractivity contribution in [2.24, 2.45) is 0 Å². The lowest BCUT2D eigenvalue weighted by molar-refractivity contribution is -0.136. The monoisotopic (exact) mass is 373 g/mol. The van der Waals surface area contributed by atoms with E-state index in [1.807, 2.05) is 17.9 Å². The Balaban J connectivity index is 1.73. The number of benzene rings is 1. The lowest BCUT2D eigenvalue weighted by Gasteiger charge is -2.35. The molecule has 1 unspecified atom stereocenters. The van der Waals surface area contributed by atoms with E-state index in [-0.39, 0.29) is 18.6 Å². The maximum Gasteiger partial charge on any atom is 0.341 e. The van der Waals surface area contributed by atoms with Crippen molar-refractivity contribution in [3.63, 3.8) is 0 Å². The highest BCUT2D eigenvalue weighted by atomic mass is 32.1. The van der Waals surface area contributed by atoms with Gasteiger partial charge in [-0.2, -0.15) is 0 Å². The van der Waals surface area contributed by atoms with Crippen LogP contribution in [0.3, 0.4) is 0 Å². The first-order chi connectivity index (χ1) is 12.5. The molecule has 0 radical (unpaired) electrons. The summed E-state index contributed by atoms with van der Waals surface area (Å²) in [5.41, 5.74) is 2.52. The molecule has 1 atom stereocenters. The van der Waals surface area contributed by atoms with E-state index in [1.54, 1.807) is 23.5 Å². The maximum atomic E-state index is 12.8. The number of hydrogen-bond donors (Lipinski definition) is 0. The van der Waals surface area contributed by atoms with Gasteiger partial charge in [0.1, 0.15) is 11.3 Å². The van der Waals surface area contributed by atoms with Crippen molar-refractivity contribution in [3.8, 4) is 5.75 Å². The Morgan fingerprint density at radius 2 is 2.12 bits per heavy atom. The van der Waals surface area contributed by atoms with E-state index >= 15 is 0 Å². The Morgan fingerprint density at radius 1 is 1.31 bits per heavy atom. The fourth-order valence-corrected chi connectivity index (χ4v) is 4.32. The third kappa shape index (κ3) is 3.60. The van der Waals surface area contributed by atoms with Crippen molar-refractivity contribution in [1.29, 1.82) is 0 Å². The second kappa shape index (κ2) is 7.91. The van der Waals surface area contributed by atoms with Crippen LogP contribution in [0, 0.1) is 6.92 Å². The third-order valence-corrected chi connectivity index (χ3v) is 5.69. The van der Waals surface area contributed by atoms with Crippen molar-refractivity contribution >= 4 is 23.2 Å². The molecule has 0 saturated heterocycles. The lowest BCUT2D eigenvalue weighted by Crippen LogP contribution is -2.41. The Morgan fingerprint density at radius 3 is 2.85 bits per heavy atom. The molecule has 6 heteroatoms. The van der Waals surface area contributed by atoms with Crippen molar-refractivity contribution in [1.82, 2.24) is 4.90 Å². The molecule has 2 aromatic rings. The van der Waals surface area contributed by atoms with Crippen LogP contribution in [0.1, 0.15) is 45.7 Å². The lowest BCUT2D eigenvalue weighted by atomic mass is 9.98. The number of nitrogens with zero attached hydrogens (tertiary/aromatic N) is 1. The summed E-state index contributed by atoms with van der Waals surface area (Å²) in [6, 6.07) is 7.47. The normalized spacial score (nSPS) is 16.1. The molecule has 0 bridgehead atoms. The Labute approximate surface area is 157 Å². The van der Waals surface area contributed by atoms with Gasteiger partial charge in [-0.25, -0.2) is 4.79 Å². The number of fused-ring (bicyclic) bond motifs is 1. The van der Waals surface area contributed by atoms with Gasteiger partial charge < -0.3 is 14.4 Å². The fraction of sp³-hybridized carbons (Fsp3) is 0.400. The second-order valence-electron chi connectivity index (χ2n) is 6.34. The van der Waals surface area contributed by atoms with Crippen LogP contribution >= 0.6 is 11.3 Å². The van der Waals surface area contributed by atoms with Gasteiger partial charge in [0.05, 0.1) is 13.2 Å². The van der Waals surface area contributed by atoms with E-state index in [1.165, 1.54) is 17.6 Å². The molecule has 0 N–H and O–H groups in total. The van der Waals surface area contributed by atoms with E-state index in [2.05, 4.69) is 18.4 Å². The SMILES string of the molecule is CCC1c2ccsc2CCN1C(=O)COc1ccc(C)cc1C(=O)OC. The van der Waals surface area contributed by atoms with Crippen molar-refractivity contribution in [3.05, 3.63) is 51.2 Å². The summed E-state index contributed by atoms with van der Waals surface area (Å²) in [5, 5.41) is 2.09. The Bertz CT molecular complexity index is 814. The molecule has 0 saturated carbocycles. The van der Waals surface area contributed by atoms with Crippen molar-refractivity contribution < 1.29 is 19.1 Å². The number of thiophene rings is 1. The number of hydrogen-bond acceptors (Lipinski definition) is 5. The number of rotatable bonds is 5. The van der Waals surface area contributed by atoms with Crippen LogP contribution in [-0.4, -0.2) is 37.0 Å². The van der Waals surface area contributed by atoms with Crippen LogP contribution in [-0.2, 0) is 16.0 Å². The Kier molecular flexibility index (Phi) is 5.61. The quantitative estimate of drug-likeness (QED) is 0.749. The van der Waals surface area contributed by atoms with Gasteiger partial charge in [-0.15, -0.1) is 11.3 Å². The van der Waals surface area contributed by atoms with E-state index in [9.17, 15) is 9.59 Å². The summed E-state index contributed by atoms with van der Waals surface area (Å²) < 4.78 is 10.5. The molecule has 0 aliphatic carbocycles. The van der Waals surface area contributed by atoms with Crippen LogP contribution < -0.4 is 4.74 Å². The van der Waals surface area contributed by atoms with Gasteiger partial charge in [0.15, 0.2) is 6.61 Å². The van der Waals surface area contributed by atoms with E-state index < -0.39 is 5.97 Å². The zero-order chi connectivity index (χ0) is 18.7. The highest BCUT2D eigenvalue weighted by Gasteiger charge is 2.30. The molecule has 5 nitrogen and oxygen atoms in total. The molecule has 1 aromatic heterocycles. The van der Waals surface area contributed by atoms with Gasteiger partial charge in [-0.1, -0.05) is 18.6 Å². The van der Waals surface area contributed by atoms with E-state index in [4.69, 9.17) is 9.47 Å². The average Bonchev–Trinajstić information content (AvgIpc) is 3.14. The smallest absolute Gasteiger partial charge is 0.341 e. The summed E-state index contributed by atoms with van der Waals surface area (Å²) in [6.07, 6.45) is 1.75. The zero-order valence-electron chi connectivity index (χ0n) is 15.3. The predicted molar refractivity (Wildman–Crippen MR) is 101 cm³/mol. The van der Waals surface area contributed by atoms with Crippen LogP contribution in [0.2, 0.25) is 0 Å². The third-order valence-electron chi connectivity index (χ3n) is 4.69. The van der Waals surface area contributed by atoms with E-state index in [0.29, 0.717) is 17.9 Å². The highest BCUT2D eigenvalue weighted by molar-refractivity contribution is 7.10. The number of ether oxygens (including phenoxy) is 2. The van der Waals surface area contributed by atoms with Gasteiger partial charge in [0.25, 0.3) is 5.91 Å². The molecule has 0 fully saturated rings. The number of amides is 1. The molecule has 1 amide bonds. The van der Waals surface area contributed by atoms with Gasteiger partial charge in [-0.05, 0) is 48.9 Å². The summed E-state index contributed by atoms with van der Waals surface area (Å²) >= 11 is 1.76. The molecular weight excluding hydrogens is 350 g/mol. The Hall–Kier alpha value is -2.34. The number of carbonyl (C=O) groups is 2. The summed E-state index contributed by atoms with van der Waals surface area (Å²) in [6.45, 7) is 4.59. The standard InChI is InChI=1S/C20H23NO4S/c1-4-16-14-8-10-26-18(14)7-9-21(16)19(22)12-25-17-6-5-13(2)11-15(17)20(23)24-3/h5-6,8,10-11,16H,4,7,9,12H2,1-3H3. The molecule has 0 spiro atoms. The summed E-state index contributed by atoms with van der Waals surface area (Å²) in [7, 11) is 1.33. The van der Waals surface area contributed by atoms with Crippen molar-refractivity contribution in [2.45, 2.75) is 32.7 Å². The molecule has 26 heavy (non-hydrogen) atoms. The first-order valence-corrected chi connectivity index (χ1v) is 9.60. The number of esters is 1. The highest BCUT2D eigenvalue weighted by Crippen LogP contribution is 2.35. The molecule has 138 valence electrons. The first kappa shape index (κ1) is 18.5. The van der Waals surface area contributed by atoms with Gasteiger partial charge in [0.2, 0.25) is 0 Å². The topological polar surface area (TPSA) is 55.8 Å². The van der Waals surface area contributed by atoms with Gasteiger partial charge >= 0.3 is 5.97 Å². The van der Waals surface area contributed by atoms with E-state index in [0.717, 1.165) is 18.4 Å². The molecular formula is C20H23NO4S. The maximum absolute atomic E-state index is 12.8. The van der Waals surface area contributed by atoms with Crippen molar-refractivity contribution in [2.75, 3.05) is 20.3 Å². The molecule has 1 aliphatic heterocycles. The molecule has 3 rings (SSSR count). The largest absolute Gasteiger partial charge is 0.483 e. The summed E-state index contributed by atoms with van der Waals surface area (Å²) in [4.78, 5) is 28.0. The van der Waals surface area contributed by atoms with Crippen LogP contribution in [0.25, 0.3) is 0 Å². The van der Waals surface area contributed by atoms with Crippen LogP contribution in [0.4, 0.5) is 0 Å². The minimum absolute atomic E-state index is 0.0647. The molecule has 1 aromatic carbocycles. The van der Waals surface area contributed by atoms with Crippen LogP contribution in [0.15, 0.2) is 29.6 Å². The minimum atomic E-state index is -0.469. The van der Waals surface area contributed by atoms with Gasteiger partial charge in [-0.3, -0.25) is 4.79 Å². The van der Waals surface area contributed by atoms with Crippen LogP contribution in [0.5, 0.6) is 5.75 Å². The predicted octanol–water partition coefficient (Wildman–Crippen LogP) is 3.76. The first-order valence-electron chi connectivity index (χ1n) is 8.72. The molecule has 2 heterocycles.